The lowest BCUT2D eigenvalue weighted by atomic mass is 10.5. The van der Waals surface area contributed by atoms with E-state index >= 15 is 0 Å². The minimum atomic E-state index is -1.82. The highest BCUT2D eigenvalue weighted by molar-refractivity contribution is 6.27. The van der Waals surface area contributed by atoms with E-state index in [4.69, 9.17) is 30.6 Å². The van der Waals surface area contributed by atoms with E-state index in [2.05, 4.69) is 0 Å². The molecule has 0 saturated heterocycles. The molecule has 0 bridgehead atoms. The number of hydrogen-bond donors (Lipinski definition) is 4. The Bertz CT molecular complexity index is 165. The van der Waals surface area contributed by atoms with Crippen LogP contribution in [0.3, 0.4) is 0 Å². The highest BCUT2D eigenvalue weighted by Gasteiger charge is 2.04. The van der Waals surface area contributed by atoms with Gasteiger partial charge in [0, 0.05) is 6.54 Å². The van der Waals surface area contributed by atoms with Crippen molar-refractivity contribution in [3.63, 3.8) is 0 Å². The van der Waals surface area contributed by atoms with E-state index in [-0.39, 0.29) is 13.0 Å². The van der Waals surface area contributed by atoms with Gasteiger partial charge in [-0.05, 0) is 0 Å². The summed E-state index contributed by atoms with van der Waals surface area (Å²) in [5.74, 6) is -4.48. The summed E-state index contributed by atoms with van der Waals surface area (Å²) in [7, 11) is 0. The topological polar surface area (TPSA) is 138 Å². The van der Waals surface area contributed by atoms with Crippen molar-refractivity contribution >= 4 is 17.9 Å². The summed E-state index contributed by atoms with van der Waals surface area (Å²) in [5, 5.41) is 22.6. The first kappa shape index (κ1) is 13.0. The summed E-state index contributed by atoms with van der Waals surface area (Å²) in [5.41, 5.74) is 4.85. The zero-order valence-electron chi connectivity index (χ0n) is 6.06. The minimum Gasteiger partial charge on any atom is -0.481 e. The summed E-state index contributed by atoms with van der Waals surface area (Å²) < 4.78 is 0. The van der Waals surface area contributed by atoms with Gasteiger partial charge in [0.25, 0.3) is 0 Å². The van der Waals surface area contributed by atoms with Gasteiger partial charge in [-0.15, -0.1) is 0 Å². The van der Waals surface area contributed by atoms with Crippen LogP contribution >= 0.6 is 0 Å². The summed E-state index contributed by atoms with van der Waals surface area (Å²) in [6, 6.07) is 0. The lowest BCUT2D eigenvalue weighted by Gasteiger charge is -1.80. The van der Waals surface area contributed by atoms with E-state index < -0.39 is 17.9 Å². The maximum atomic E-state index is 9.52. The average molecular weight is 179 g/mol. The number of carbonyl (C=O) groups is 3. The van der Waals surface area contributed by atoms with Gasteiger partial charge in [-0.1, -0.05) is 0 Å². The molecule has 0 aromatic heterocycles. The van der Waals surface area contributed by atoms with Crippen LogP contribution in [0.4, 0.5) is 0 Å². The zero-order chi connectivity index (χ0) is 10.1. The van der Waals surface area contributed by atoms with Gasteiger partial charge in [-0.2, -0.15) is 0 Å². The van der Waals surface area contributed by atoms with E-state index in [9.17, 15) is 4.79 Å². The van der Waals surface area contributed by atoms with Crippen LogP contribution in [-0.4, -0.2) is 39.8 Å². The third-order valence-corrected chi connectivity index (χ3v) is 0.541. The normalized spacial score (nSPS) is 7.75. The van der Waals surface area contributed by atoms with E-state index in [1.54, 1.807) is 0 Å². The molecule has 0 aliphatic carbocycles. The Morgan fingerprint density at radius 1 is 1.00 bits per heavy atom. The Hall–Kier alpha value is -1.63. The summed E-state index contributed by atoms with van der Waals surface area (Å²) in [4.78, 5) is 27.7. The molecule has 7 nitrogen and oxygen atoms in total. The number of hydrogen-bond acceptors (Lipinski definition) is 4. The highest BCUT2D eigenvalue weighted by atomic mass is 16.4. The molecule has 0 heterocycles. The summed E-state index contributed by atoms with van der Waals surface area (Å²) in [6.45, 7) is 0.231. The molecule has 0 saturated carbocycles. The predicted octanol–water partition coefficient (Wildman–Crippen LogP) is -1.42. The molecule has 0 radical (unpaired) electrons. The van der Waals surface area contributed by atoms with Crippen molar-refractivity contribution in [1.29, 1.82) is 0 Å². The molecule has 70 valence electrons. The molecular formula is C5H9NO6. The van der Waals surface area contributed by atoms with Crippen LogP contribution in [0.1, 0.15) is 6.42 Å². The molecular weight excluding hydrogens is 170 g/mol. The van der Waals surface area contributed by atoms with Gasteiger partial charge in [-0.3, -0.25) is 4.79 Å². The SMILES string of the molecule is NCCC(=O)O.O=C(O)C(=O)O. The monoisotopic (exact) mass is 179 g/mol. The van der Waals surface area contributed by atoms with E-state index in [1.807, 2.05) is 0 Å². The number of aliphatic carboxylic acids is 3. The van der Waals surface area contributed by atoms with Gasteiger partial charge < -0.3 is 21.1 Å². The van der Waals surface area contributed by atoms with Crippen LogP contribution in [-0.2, 0) is 14.4 Å². The largest absolute Gasteiger partial charge is 0.481 e. The summed E-state index contributed by atoms with van der Waals surface area (Å²) in [6.07, 6.45) is 0.0694. The molecule has 0 fully saturated rings. The number of carboxylic acid groups (broad SMARTS) is 3. The lowest BCUT2D eigenvalue weighted by Crippen LogP contribution is -2.09. The van der Waals surface area contributed by atoms with Crippen LogP contribution in [0.5, 0.6) is 0 Å². The quantitative estimate of drug-likeness (QED) is 0.381. The van der Waals surface area contributed by atoms with Crippen molar-refractivity contribution < 1.29 is 29.7 Å². The van der Waals surface area contributed by atoms with Crippen molar-refractivity contribution in [1.82, 2.24) is 0 Å². The molecule has 7 heteroatoms. The minimum absolute atomic E-state index is 0.0694. The van der Waals surface area contributed by atoms with Crippen molar-refractivity contribution in [3.05, 3.63) is 0 Å². The third kappa shape index (κ3) is 15.8. The Kier molecular flexibility index (Phi) is 8.10. The second-order valence-electron chi connectivity index (χ2n) is 1.54. The standard InChI is InChI=1S/C3H7NO2.C2H2O4/c4-2-1-3(5)6;3-1(4)2(5)6/h1-2,4H2,(H,5,6);(H,3,4)(H,5,6). The van der Waals surface area contributed by atoms with Gasteiger partial charge in [0.15, 0.2) is 0 Å². The lowest BCUT2D eigenvalue weighted by molar-refractivity contribution is -0.159. The second kappa shape index (κ2) is 7.48. The third-order valence-electron chi connectivity index (χ3n) is 0.541. The fraction of sp³-hybridized carbons (Fsp3) is 0.400. The Morgan fingerprint density at radius 3 is 1.33 bits per heavy atom. The molecule has 0 atom stereocenters. The predicted molar refractivity (Wildman–Crippen MR) is 36.6 cm³/mol. The van der Waals surface area contributed by atoms with Crippen molar-refractivity contribution in [2.45, 2.75) is 6.42 Å². The second-order valence-corrected chi connectivity index (χ2v) is 1.54. The fourth-order valence-electron chi connectivity index (χ4n) is 0.123. The van der Waals surface area contributed by atoms with Crippen molar-refractivity contribution in [2.24, 2.45) is 5.73 Å². The maximum absolute atomic E-state index is 9.52. The zero-order valence-corrected chi connectivity index (χ0v) is 6.06. The van der Waals surface area contributed by atoms with Crippen LogP contribution in [0.2, 0.25) is 0 Å². The molecule has 5 N–H and O–H groups in total. The molecule has 0 aromatic carbocycles. The molecule has 0 spiro atoms. The first-order valence-corrected chi connectivity index (χ1v) is 2.79. The summed E-state index contributed by atoms with van der Waals surface area (Å²) >= 11 is 0. The molecule has 0 amide bonds. The number of carboxylic acids is 3. The van der Waals surface area contributed by atoms with Crippen molar-refractivity contribution in [3.8, 4) is 0 Å². The van der Waals surface area contributed by atoms with Gasteiger partial charge in [0.05, 0.1) is 6.42 Å². The van der Waals surface area contributed by atoms with Crippen LogP contribution < -0.4 is 5.73 Å². The molecule has 0 aromatic rings. The van der Waals surface area contributed by atoms with Crippen molar-refractivity contribution in [2.75, 3.05) is 6.54 Å². The van der Waals surface area contributed by atoms with Crippen LogP contribution in [0.15, 0.2) is 0 Å². The molecule has 0 rings (SSSR count). The number of nitrogens with two attached hydrogens (primary N) is 1. The molecule has 12 heavy (non-hydrogen) atoms. The van der Waals surface area contributed by atoms with Gasteiger partial charge in [0.1, 0.15) is 0 Å². The Labute approximate surface area is 67.4 Å². The Balaban J connectivity index is 0. The van der Waals surface area contributed by atoms with Crippen LogP contribution in [0, 0.1) is 0 Å². The molecule has 0 unspecified atom stereocenters. The van der Waals surface area contributed by atoms with Gasteiger partial charge in [0.2, 0.25) is 0 Å². The van der Waals surface area contributed by atoms with Gasteiger partial charge >= 0.3 is 17.9 Å². The van der Waals surface area contributed by atoms with E-state index in [0.717, 1.165) is 0 Å². The maximum Gasteiger partial charge on any atom is 0.414 e. The Morgan fingerprint density at radius 2 is 1.33 bits per heavy atom. The highest BCUT2D eigenvalue weighted by Crippen LogP contribution is 1.67. The first-order valence-electron chi connectivity index (χ1n) is 2.79. The molecule has 0 aliphatic heterocycles. The van der Waals surface area contributed by atoms with E-state index in [1.165, 1.54) is 0 Å². The molecule has 0 aliphatic rings. The van der Waals surface area contributed by atoms with Crippen LogP contribution in [0.25, 0.3) is 0 Å². The van der Waals surface area contributed by atoms with E-state index in [0.29, 0.717) is 0 Å². The average Bonchev–Trinajstić information content (AvgIpc) is 1.87. The smallest absolute Gasteiger partial charge is 0.414 e. The fourth-order valence-corrected chi connectivity index (χ4v) is 0.123. The first-order chi connectivity index (χ1) is 5.41. The number of rotatable bonds is 2. The van der Waals surface area contributed by atoms with Gasteiger partial charge in [-0.25, -0.2) is 9.59 Å².